The Labute approximate surface area is 113 Å². The maximum absolute atomic E-state index is 11.8. The Morgan fingerprint density at radius 1 is 1.50 bits per heavy atom. The number of nitro groups is 1. The molecule has 2 rings (SSSR count). The zero-order chi connectivity index (χ0) is 13.1. The van der Waals surface area contributed by atoms with Crippen LogP contribution in [0.3, 0.4) is 0 Å². The molecule has 0 aliphatic rings. The van der Waals surface area contributed by atoms with E-state index >= 15 is 0 Å². The molecule has 0 saturated carbocycles. The van der Waals surface area contributed by atoms with Crippen LogP contribution in [0.2, 0.25) is 0 Å². The van der Waals surface area contributed by atoms with Crippen molar-refractivity contribution in [2.45, 2.75) is 0 Å². The van der Waals surface area contributed by atoms with Gasteiger partial charge in [-0.3, -0.25) is 14.9 Å². The van der Waals surface area contributed by atoms with Crippen LogP contribution in [-0.4, -0.2) is 20.4 Å². The molecule has 2 aromatic rings. The molecule has 0 bridgehead atoms. The second-order valence-electron chi connectivity index (χ2n) is 3.16. The molecule has 0 radical (unpaired) electrons. The van der Waals surface area contributed by atoms with Crippen LogP contribution in [0.1, 0.15) is 10.4 Å². The molecule has 1 heterocycles. The van der Waals surface area contributed by atoms with Crippen LogP contribution >= 0.6 is 27.5 Å². The molecule has 0 unspecified atom stereocenters. The van der Waals surface area contributed by atoms with Gasteiger partial charge >= 0.3 is 0 Å². The summed E-state index contributed by atoms with van der Waals surface area (Å²) in [5, 5.41) is 17.3. The van der Waals surface area contributed by atoms with Crippen LogP contribution in [0.5, 0.6) is 0 Å². The number of nitrogens with one attached hydrogen (secondary N) is 1. The molecule has 7 nitrogen and oxygen atoms in total. The lowest BCUT2D eigenvalue weighted by Crippen LogP contribution is -2.11. The van der Waals surface area contributed by atoms with Crippen LogP contribution < -0.4 is 5.32 Å². The molecule has 18 heavy (non-hydrogen) atoms. The summed E-state index contributed by atoms with van der Waals surface area (Å²) in [6.07, 6.45) is 1.40. The van der Waals surface area contributed by atoms with E-state index in [0.29, 0.717) is 9.47 Å². The fourth-order valence-corrected chi connectivity index (χ4v) is 2.01. The van der Waals surface area contributed by atoms with Crippen LogP contribution in [0.15, 0.2) is 28.9 Å². The molecule has 9 heteroatoms. The number of hydrogen-bond acceptors (Lipinski definition) is 6. The minimum atomic E-state index is -0.560. The summed E-state index contributed by atoms with van der Waals surface area (Å²) < 4.78 is 3.91. The largest absolute Gasteiger partial charge is 0.311 e. The van der Waals surface area contributed by atoms with Gasteiger partial charge in [0.05, 0.1) is 15.6 Å². The van der Waals surface area contributed by atoms with Crippen LogP contribution in [0.25, 0.3) is 0 Å². The number of carbonyl (C=O) groups excluding carboxylic acids is 1. The average Bonchev–Trinajstić information content (AvgIpc) is 2.81. The molecule has 0 atom stereocenters. The molecule has 0 aliphatic heterocycles. The lowest BCUT2D eigenvalue weighted by Gasteiger charge is -2.02. The topological polar surface area (TPSA) is 98.0 Å². The van der Waals surface area contributed by atoms with Crippen molar-refractivity contribution in [1.82, 2.24) is 9.59 Å². The molecular formula is C9H5BrN4O3S. The first-order chi connectivity index (χ1) is 8.58. The third-order valence-electron chi connectivity index (χ3n) is 2.00. The third-order valence-corrected chi connectivity index (χ3v) is 3.25. The van der Waals surface area contributed by atoms with Crippen LogP contribution in [0, 0.1) is 10.1 Å². The Balaban J connectivity index is 2.26. The van der Waals surface area contributed by atoms with Crippen molar-refractivity contribution in [2.24, 2.45) is 0 Å². The van der Waals surface area contributed by atoms with Gasteiger partial charge in [0.1, 0.15) is 5.00 Å². The highest BCUT2D eigenvalue weighted by Gasteiger charge is 2.16. The summed E-state index contributed by atoms with van der Waals surface area (Å²) in [5.41, 5.74) is 0.0309. The Morgan fingerprint density at radius 3 is 2.89 bits per heavy atom. The van der Waals surface area contributed by atoms with Gasteiger partial charge in [-0.05, 0) is 28.1 Å². The van der Waals surface area contributed by atoms with E-state index in [9.17, 15) is 14.9 Å². The number of rotatable bonds is 3. The number of nitro benzene ring substituents is 1. The second-order valence-corrected chi connectivity index (χ2v) is 4.80. The molecule has 0 fully saturated rings. The molecule has 92 valence electrons. The number of halogens is 1. The van der Waals surface area contributed by atoms with Crippen molar-refractivity contribution in [2.75, 3.05) is 5.32 Å². The zero-order valence-corrected chi connectivity index (χ0v) is 11.1. The lowest BCUT2D eigenvalue weighted by molar-refractivity contribution is -0.385. The van der Waals surface area contributed by atoms with Gasteiger partial charge in [-0.2, -0.15) is 0 Å². The molecule has 1 aromatic carbocycles. The fourth-order valence-electron chi connectivity index (χ4n) is 1.20. The summed E-state index contributed by atoms with van der Waals surface area (Å²) in [4.78, 5) is 22.0. The summed E-state index contributed by atoms with van der Waals surface area (Å²) in [7, 11) is 0. The number of nitrogens with zero attached hydrogens (tertiary/aromatic N) is 3. The average molecular weight is 329 g/mol. The maximum atomic E-state index is 11.8. The lowest BCUT2D eigenvalue weighted by atomic mass is 10.2. The standard InChI is InChI=1S/C9H5BrN4O3S/c10-6-2-1-5(3-7(6)14(16)17)9(15)12-8-4-11-13-18-8/h1-4H,(H,12,15). The first-order valence-corrected chi connectivity index (χ1v) is 6.17. The van der Waals surface area contributed by atoms with Gasteiger partial charge in [-0.1, -0.05) is 4.49 Å². The zero-order valence-electron chi connectivity index (χ0n) is 8.66. The normalized spacial score (nSPS) is 10.1. The van der Waals surface area contributed by atoms with E-state index in [1.807, 2.05) is 0 Å². The minimum Gasteiger partial charge on any atom is -0.311 e. The smallest absolute Gasteiger partial charge is 0.284 e. The van der Waals surface area contributed by atoms with Gasteiger partial charge in [0, 0.05) is 23.2 Å². The first kappa shape index (κ1) is 12.6. The van der Waals surface area contributed by atoms with Crippen molar-refractivity contribution in [1.29, 1.82) is 0 Å². The van der Waals surface area contributed by atoms with Crippen molar-refractivity contribution in [3.63, 3.8) is 0 Å². The number of hydrogen-bond donors (Lipinski definition) is 1. The van der Waals surface area contributed by atoms with Crippen molar-refractivity contribution < 1.29 is 9.72 Å². The quantitative estimate of drug-likeness (QED) is 0.689. The Kier molecular flexibility index (Phi) is 3.63. The van der Waals surface area contributed by atoms with E-state index < -0.39 is 10.8 Å². The molecule has 1 aromatic heterocycles. The predicted molar refractivity (Wildman–Crippen MR) is 68.7 cm³/mol. The molecular weight excluding hydrogens is 324 g/mol. The van der Waals surface area contributed by atoms with Crippen molar-refractivity contribution in [3.8, 4) is 0 Å². The second kappa shape index (κ2) is 5.19. The van der Waals surface area contributed by atoms with Crippen molar-refractivity contribution >= 4 is 44.1 Å². The Hall–Kier alpha value is -1.87. The Bertz CT molecular complexity index is 602. The van der Waals surface area contributed by atoms with Crippen LogP contribution in [0.4, 0.5) is 10.7 Å². The summed E-state index contributed by atoms with van der Waals surface area (Å²) in [5.74, 6) is -0.448. The van der Waals surface area contributed by atoms with Gasteiger partial charge in [0.2, 0.25) is 0 Å². The number of anilines is 1. The molecule has 1 amide bonds. The predicted octanol–water partition coefficient (Wildman–Crippen LogP) is 2.46. The molecule has 0 saturated heterocycles. The summed E-state index contributed by atoms with van der Waals surface area (Å²) >= 11 is 4.07. The van der Waals surface area contributed by atoms with E-state index in [4.69, 9.17) is 0 Å². The van der Waals surface area contributed by atoms with Gasteiger partial charge < -0.3 is 5.32 Å². The van der Waals surface area contributed by atoms with E-state index in [-0.39, 0.29) is 11.3 Å². The van der Waals surface area contributed by atoms with Crippen molar-refractivity contribution in [3.05, 3.63) is 44.5 Å². The summed E-state index contributed by atoms with van der Waals surface area (Å²) in [6, 6.07) is 4.15. The first-order valence-electron chi connectivity index (χ1n) is 4.60. The number of aromatic nitrogens is 2. The van der Waals surface area contributed by atoms with E-state index in [2.05, 4.69) is 30.8 Å². The SMILES string of the molecule is O=C(Nc1cnns1)c1ccc(Br)c([N+](=O)[O-])c1. The molecule has 0 spiro atoms. The van der Waals surface area contributed by atoms with Crippen LogP contribution in [-0.2, 0) is 0 Å². The highest BCUT2D eigenvalue weighted by atomic mass is 79.9. The fraction of sp³-hybridized carbons (Fsp3) is 0. The molecule has 1 N–H and O–H groups in total. The maximum Gasteiger partial charge on any atom is 0.284 e. The monoisotopic (exact) mass is 328 g/mol. The van der Waals surface area contributed by atoms with Gasteiger partial charge in [-0.15, -0.1) is 5.10 Å². The van der Waals surface area contributed by atoms with E-state index in [0.717, 1.165) is 11.5 Å². The third kappa shape index (κ3) is 2.68. The number of benzene rings is 1. The van der Waals surface area contributed by atoms with Gasteiger partial charge in [0.15, 0.2) is 0 Å². The minimum absolute atomic E-state index is 0.162. The summed E-state index contributed by atoms with van der Waals surface area (Å²) in [6.45, 7) is 0. The number of amides is 1. The Morgan fingerprint density at radius 2 is 2.28 bits per heavy atom. The van der Waals surface area contributed by atoms with Gasteiger partial charge in [0.25, 0.3) is 11.6 Å². The van der Waals surface area contributed by atoms with E-state index in [1.165, 1.54) is 24.4 Å². The number of carbonyl (C=O) groups is 1. The highest BCUT2D eigenvalue weighted by molar-refractivity contribution is 9.10. The molecule has 0 aliphatic carbocycles. The van der Waals surface area contributed by atoms with E-state index in [1.54, 1.807) is 0 Å². The van der Waals surface area contributed by atoms with Gasteiger partial charge in [-0.25, -0.2) is 0 Å². The highest BCUT2D eigenvalue weighted by Crippen LogP contribution is 2.26.